The highest BCUT2D eigenvalue weighted by molar-refractivity contribution is 5.40. The van der Waals surface area contributed by atoms with E-state index in [1.807, 2.05) is 0 Å². The van der Waals surface area contributed by atoms with Gasteiger partial charge >= 0.3 is 0 Å². The Morgan fingerprint density at radius 3 is 3.09 bits per heavy atom. The molecule has 1 aliphatic rings. The fourth-order valence-corrected chi connectivity index (χ4v) is 1.56. The predicted octanol–water partition coefficient (Wildman–Crippen LogP) is 2.32. The van der Waals surface area contributed by atoms with Crippen molar-refractivity contribution in [2.75, 3.05) is 6.61 Å². The molecule has 0 aromatic heterocycles. The van der Waals surface area contributed by atoms with E-state index >= 15 is 0 Å². The Morgan fingerprint density at radius 2 is 2.27 bits per heavy atom. The number of hydrogen-bond donors (Lipinski definition) is 0. The summed E-state index contributed by atoms with van der Waals surface area (Å²) in [5.41, 5.74) is 2.76. The third-order valence-corrected chi connectivity index (χ3v) is 2.20. The molecular formula is C10H12O. The maximum atomic E-state index is 5.50. The van der Waals surface area contributed by atoms with Gasteiger partial charge in [-0.1, -0.05) is 12.1 Å². The predicted molar refractivity (Wildman–Crippen MR) is 45.0 cm³/mol. The molecule has 0 saturated heterocycles. The van der Waals surface area contributed by atoms with Gasteiger partial charge in [0, 0.05) is 0 Å². The molecule has 1 aromatic rings. The lowest BCUT2D eigenvalue weighted by Gasteiger charge is -2.18. The van der Waals surface area contributed by atoms with Crippen LogP contribution in [-0.4, -0.2) is 6.61 Å². The molecule has 11 heavy (non-hydrogen) atoms. The molecule has 2 rings (SSSR count). The van der Waals surface area contributed by atoms with Crippen LogP contribution in [0.2, 0.25) is 0 Å². The van der Waals surface area contributed by atoms with Gasteiger partial charge in [-0.05, 0) is 37.0 Å². The van der Waals surface area contributed by atoms with E-state index in [0.29, 0.717) is 0 Å². The van der Waals surface area contributed by atoms with Crippen LogP contribution in [0, 0.1) is 6.92 Å². The first-order valence-electron chi connectivity index (χ1n) is 4.09. The van der Waals surface area contributed by atoms with Crippen molar-refractivity contribution in [2.45, 2.75) is 19.8 Å². The smallest absolute Gasteiger partial charge is 0.122 e. The SMILES string of the molecule is Cc1cccc2c1CCCO2. The molecule has 58 valence electrons. The number of benzene rings is 1. The first kappa shape index (κ1) is 6.71. The molecule has 0 fully saturated rings. The van der Waals surface area contributed by atoms with E-state index in [2.05, 4.69) is 25.1 Å². The number of ether oxygens (including phenoxy) is 1. The maximum absolute atomic E-state index is 5.50. The number of hydrogen-bond acceptors (Lipinski definition) is 1. The van der Waals surface area contributed by atoms with Gasteiger partial charge in [-0.3, -0.25) is 0 Å². The van der Waals surface area contributed by atoms with Gasteiger partial charge in [0.25, 0.3) is 0 Å². The largest absolute Gasteiger partial charge is 0.493 e. The van der Waals surface area contributed by atoms with Crippen molar-refractivity contribution >= 4 is 0 Å². The molecule has 1 heterocycles. The molecule has 1 heteroatoms. The Balaban J connectivity index is 2.49. The van der Waals surface area contributed by atoms with Crippen LogP contribution in [0.4, 0.5) is 0 Å². The summed E-state index contributed by atoms with van der Waals surface area (Å²) in [6.45, 7) is 3.03. The van der Waals surface area contributed by atoms with Gasteiger partial charge in [-0.25, -0.2) is 0 Å². The molecular weight excluding hydrogens is 136 g/mol. The normalized spacial score (nSPS) is 15.4. The van der Waals surface area contributed by atoms with Crippen molar-refractivity contribution < 1.29 is 4.74 Å². The molecule has 0 N–H and O–H groups in total. The number of rotatable bonds is 0. The van der Waals surface area contributed by atoms with Crippen LogP contribution in [0.3, 0.4) is 0 Å². The summed E-state index contributed by atoms with van der Waals surface area (Å²) in [6.07, 6.45) is 2.35. The van der Waals surface area contributed by atoms with E-state index in [4.69, 9.17) is 4.74 Å². The molecule has 0 unspecified atom stereocenters. The Morgan fingerprint density at radius 1 is 1.36 bits per heavy atom. The van der Waals surface area contributed by atoms with E-state index in [9.17, 15) is 0 Å². The van der Waals surface area contributed by atoms with Crippen molar-refractivity contribution in [3.8, 4) is 5.75 Å². The second kappa shape index (κ2) is 2.57. The molecule has 0 radical (unpaired) electrons. The first-order valence-corrected chi connectivity index (χ1v) is 4.09. The third-order valence-electron chi connectivity index (χ3n) is 2.20. The van der Waals surface area contributed by atoms with Crippen LogP contribution in [0.1, 0.15) is 17.5 Å². The molecule has 1 aliphatic heterocycles. The van der Waals surface area contributed by atoms with E-state index in [-0.39, 0.29) is 0 Å². The van der Waals surface area contributed by atoms with Crippen molar-refractivity contribution in [3.63, 3.8) is 0 Å². The molecule has 0 saturated carbocycles. The zero-order valence-electron chi connectivity index (χ0n) is 6.76. The van der Waals surface area contributed by atoms with E-state index < -0.39 is 0 Å². The second-order valence-electron chi connectivity index (χ2n) is 3.00. The minimum Gasteiger partial charge on any atom is -0.493 e. The molecule has 0 atom stereocenters. The highest BCUT2D eigenvalue weighted by Crippen LogP contribution is 2.26. The van der Waals surface area contributed by atoms with Gasteiger partial charge < -0.3 is 4.74 Å². The Bertz CT molecular complexity index is 266. The van der Waals surface area contributed by atoms with E-state index in [1.165, 1.54) is 17.5 Å². The van der Waals surface area contributed by atoms with Gasteiger partial charge in [0.15, 0.2) is 0 Å². The average Bonchev–Trinajstić information content (AvgIpc) is 2.06. The van der Waals surface area contributed by atoms with Gasteiger partial charge in [0.05, 0.1) is 6.61 Å². The summed E-state index contributed by atoms with van der Waals surface area (Å²) in [7, 11) is 0. The zero-order valence-corrected chi connectivity index (χ0v) is 6.76. The highest BCUT2D eigenvalue weighted by Gasteiger charge is 2.10. The quantitative estimate of drug-likeness (QED) is 0.548. The van der Waals surface area contributed by atoms with Crippen LogP contribution in [0.15, 0.2) is 18.2 Å². The lowest BCUT2D eigenvalue weighted by Crippen LogP contribution is -2.09. The highest BCUT2D eigenvalue weighted by atomic mass is 16.5. The van der Waals surface area contributed by atoms with E-state index in [0.717, 1.165) is 18.8 Å². The summed E-state index contributed by atoms with van der Waals surface area (Å²) >= 11 is 0. The summed E-state index contributed by atoms with van der Waals surface area (Å²) in [4.78, 5) is 0. The molecule has 1 nitrogen and oxygen atoms in total. The van der Waals surface area contributed by atoms with E-state index in [1.54, 1.807) is 0 Å². The zero-order chi connectivity index (χ0) is 7.68. The maximum Gasteiger partial charge on any atom is 0.122 e. The van der Waals surface area contributed by atoms with Crippen LogP contribution in [0.25, 0.3) is 0 Å². The van der Waals surface area contributed by atoms with Crippen LogP contribution >= 0.6 is 0 Å². The lowest BCUT2D eigenvalue weighted by molar-refractivity contribution is 0.288. The third kappa shape index (κ3) is 1.11. The summed E-state index contributed by atoms with van der Waals surface area (Å²) in [5, 5.41) is 0. The topological polar surface area (TPSA) is 9.23 Å². The van der Waals surface area contributed by atoms with Gasteiger partial charge in [-0.2, -0.15) is 0 Å². The lowest BCUT2D eigenvalue weighted by atomic mass is 10.0. The summed E-state index contributed by atoms with van der Waals surface area (Å²) < 4.78 is 5.50. The fraction of sp³-hybridized carbons (Fsp3) is 0.400. The summed E-state index contributed by atoms with van der Waals surface area (Å²) in [6, 6.07) is 6.26. The molecule has 0 bridgehead atoms. The molecule has 0 spiro atoms. The minimum atomic E-state index is 0.885. The van der Waals surface area contributed by atoms with Crippen molar-refractivity contribution in [1.29, 1.82) is 0 Å². The van der Waals surface area contributed by atoms with Gasteiger partial charge in [0.1, 0.15) is 5.75 Å². The van der Waals surface area contributed by atoms with Crippen molar-refractivity contribution in [3.05, 3.63) is 29.3 Å². The Labute approximate surface area is 67.0 Å². The van der Waals surface area contributed by atoms with Gasteiger partial charge in [-0.15, -0.1) is 0 Å². The number of aryl methyl sites for hydroxylation is 1. The monoisotopic (exact) mass is 148 g/mol. The van der Waals surface area contributed by atoms with Crippen molar-refractivity contribution in [1.82, 2.24) is 0 Å². The summed E-state index contributed by atoms with van der Waals surface area (Å²) in [5.74, 6) is 1.09. The first-order chi connectivity index (χ1) is 5.38. The fourth-order valence-electron chi connectivity index (χ4n) is 1.56. The van der Waals surface area contributed by atoms with Gasteiger partial charge in [0.2, 0.25) is 0 Å². The average molecular weight is 148 g/mol. The van der Waals surface area contributed by atoms with Crippen LogP contribution in [-0.2, 0) is 6.42 Å². The van der Waals surface area contributed by atoms with Crippen LogP contribution < -0.4 is 4.74 Å². The minimum absolute atomic E-state index is 0.885. The molecule has 1 aromatic carbocycles. The Hall–Kier alpha value is -0.980. The Kier molecular flexibility index (Phi) is 1.57. The standard InChI is InChI=1S/C10H12O/c1-8-4-2-6-10-9(8)5-3-7-11-10/h2,4,6H,3,5,7H2,1H3. The van der Waals surface area contributed by atoms with Crippen molar-refractivity contribution in [2.24, 2.45) is 0 Å². The number of fused-ring (bicyclic) bond motifs is 1. The molecule has 0 amide bonds. The second-order valence-corrected chi connectivity index (χ2v) is 3.00. The van der Waals surface area contributed by atoms with Crippen LogP contribution in [0.5, 0.6) is 5.75 Å². The molecule has 0 aliphatic carbocycles.